The summed E-state index contributed by atoms with van der Waals surface area (Å²) in [7, 11) is 3.37. The normalized spacial score (nSPS) is 10.8. The minimum Gasteiger partial charge on any atom is -0.497 e. The highest BCUT2D eigenvalue weighted by Crippen LogP contribution is 2.24. The van der Waals surface area contributed by atoms with Crippen LogP contribution in [0.25, 0.3) is 0 Å². The number of methoxy groups -OCH3 is 2. The number of ether oxygens (including phenoxy) is 2. The molecule has 0 unspecified atom stereocenters. The lowest BCUT2D eigenvalue weighted by Crippen LogP contribution is -2.28. The van der Waals surface area contributed by atoms with Crippen LogP contribution in [0.1, 0.15) is 45.1 Å². The molecule has 0 heterocycles. The molecule has 3 heteroatoms. The maximum absolute atomic E-state index is 5.42. The largest absolute Gasteiger partial charge is 0.497 e. The Hall–Kier alpha value is -1.22. The molecule has 0 bridgehead atoms. The summed E-state index contributed by atoms with van der Waals surface area (Å²) in [5, 5.41) is 3.63. The predicted octanol–water partition coefficient (Wildman–Crippen LogP) is 3.76. The van der Waals surface area contributed by atoms with Crippen molar-refractivity contribution in [2.24, 2.45) is 0 Å². The highest BCUT2D eigenvalue weighted by atomic mass is 16.5. The van der Waals surface area contributed by atoms with Crippen LogP contribution in [-0.2, 0) is 6.54 Å². The Balaban J connectivity index is 2.64. The molecular weight excluding hydrogens is 238 g/mol. The summed E-state index contributed by atoms with van der Waals surface area (Å²) < 4.78 is 10.6. The molecule has 0 atom stereocenters. The van der Waals surface area contributed by atoms with Gasteiger partial charge in [0.25, 0.3) is 0 Å². The van der Waals surface area contributed by atoms with Crippen LogP contribution in [0.2, 0.25) is 0 Å². The first kappa shape index (κ1) is 15.8. The maximum Gasteiger partial charge on any atom is 0.127 e. The van der Waals surface area contributed by atoms with Gasteiger partial charge in [-0.05, 0) is 18.9 Å². The van der Waals surface area contributed by atoms with Gasteiger partial charge in [-0.15, -0.1) is 0 Å². The van der Waals surface area contributed by atoms with Gasteiger partial charge in [-0.3, -0.25) is 0 Å². The molecule has 0 aliphatic carbocycles. The molecule has 0 aromatic heterocycles. The molecule has 0 saturated carbocycles. The van der Waals surface area contributed by atoms with E-state index in [1.807, 2.05) is 12.1 Å². The summed E-state index contributed by atoms with van der Waals surface area (Å²) in [5.74, 6) is 1.72. The molecule has 0 saturated heterocycles. The minimum atomic E-state index is 0.599. The second-order valence-electron chi connectivity index (χ2n) is 4.83. The summed E-state index contributed by atoms with van der Waals surface area (Å²) in [5.41, 5.74) is 1.18. The Bertz CT molecular complexity index is 360. The zero-order valence-corrected chi connectivity index (χ0v) is 12.7. The molecule has 108 valence electrons. The van der Waals surface area contributed by atoms with Crippen molar-refractivity contribution in [3.63, 3.8) is 0 Å². The number of benzene rings is 1. The van der Waals surface area contributed by atoms with Gasteiger partial charge in [0.05, 0.1) is 14.2 Å². The van der Waals surface area contributed by atoms with E-state index in [4.69, 9.17) is 9.47 Å². The lowest BCUT2D eigenvalue weighted by atomic mass is 10.1. The van der Waals surface area contributed by atoms with Gasteiger partial charge in [-0.1, -0.05) is 32.8 Å². The van der Waals surface area contributed by atoms with Gasteiger partial charge in [0.1, 0.15) is 11.5 Å². The molecule has 1 rings (SSSR count). The van der Waals surface area contributed by atoms with Gasteiger partial charge in [0.15, 0.2) is 0 Å². The van der Waals surface area contributed by atoms with Crippen molar-refractivity contribution in [1.82, 2.24) is 5.32 Å². The number of hydrogen-bond acceptors (Lipinski definition) is 3. The van der Waals surface area contributed by atoms with Crippen molar-refractivity contribution >= 4 is 0 Å². The van der Waals surface area contributed by atoms with Gasteiger partial charge < -0.3 is 14.8 Å². The number of rotatable bonds is 9. The quantitative estimate of drug-likeness (QED) is 0.737. The Labute approximate surface area is 117 Å². The lowest BCUT2D eigenvalue weighted by Gasteiger charge is -2.18. The van der Waals surface area contributed by atoms with Crippen molar-refractivity contribution in [2.75, 3.05) is 14.2 Å². The molecule has 0 fully saturated rings. The van der Waals surface area contributed by atoms with Crippen molar-refractivity contribution in [3.8, 4) is 11.5 Å². The smallest absolute Gasteiger partial charge is 0.127 e. The second kappa shape index (κ2) is 8.81. The average Bonchev–Trinajstić information content (AvgIpc) is 2.45. The van der Waals surface area contributed by atoms with Gasteiger partial charge >= 0.3 is 0 Å². The molecule has 1 aromatic rings. The first-order chi connectivity index (χ1) is 9.24. The molecule has 1 aromatic carbocycles. The summed E-state index contributed by atoms with van der Waals surface area (Å²) in [6, 6.07) is 6.58. The van der Waals surface area contributed by atoms with E-state index in [1.165, 1.54) is 31.2 Å². The highest BCUT2D eigenvalue weighted by molar-refractivity contribution is 5.40. The molecule has 0 spiro atoms. The molecule has 0 amide bonds. The molecule has 19 heavy (non-hydrogen) atoms. The van der Waals surface area contributed by atoms with E-state index < -0.39 is 0 Å². The van der Waals surface area contributed by atoms with Crippen LogP contribution < -0.4 is 14.8 Å². The number of hydrogen-bond donors (Lipinski definition) is 1. The van der Waals surface area contributed by atoms with E-state index in [2.05, 4.69) is 25.2 Å². The van der Waals surface area contributed by atoms with Crippen molar-refractivity contribution in [3.05, 3.63) is 23.8 Å². The molecular formula is C16H27NO2. The van der Waals surface area contributed by atoms with Gasteiger partial charge in [-0.2, -0.15) is 0 Å². The molecule has 0 aliphatic heterocycles. The summed E-state index contributed by atoms with van der Waals surface area (Å²) in [6.07, 6.45) is 4.90. The summed E-state index contributed by atoms with van der Waals surface area (Å²) in [4.78, 5) is 0. The van der Waals surface area contributed by atoms with Crippen LogP contribution >= 0.6 is 0 Å². The van der Waals surface area contributed by atoms with E-state index in [0.717, 1.165) is 18.0 Å². The fourth-order valence-corrected chi connectivity index (χ4v) is 2.30. The Morgan fingerprint density at radius 2 is 1.74 bits per heavy atom. The third kappa shape index (κ3) is 5.11. The minimum absolute atomic E-state index is 0.599. The molecule has 3 nitrogen and oxygen atoms in total. The highest BCUT2D eigenvalue weighted by Gasteiger charge is 2.09. The van der Waals surface area contributed by atoms with Crippen LogP contribution in [0, 0.1) is 0 Å². The first-order valence-electron chi connectivity index (χ1n) is 7.19. The summed E-state index contributed by atoms with van der Waals surface area (Å²) in [6.45, 7) is 5.31. The average molecular weight is 265 g/mol. The van der Waals surface area contributed by atoms with Crippen molar-refractivity contribution in [2.45, 2.75) is 52.1 Å². The van der Waals surface area contributed by atoms with Crippen LogP contribution in [0.5, 0.6) is 11.5 Å². The standard InChI is InChI=1S/C16H27NO2/c1-5-7-14(8-6-2)17-12-13-9-10-15(18-3)11-16(13)19-4/h9-11,14,17H,5-8,12H2,1-4H3. The van der Waals surface area contributed by atoms with Gasteiger partial charge in [0, 0.05) is 24.2 Å². The van der Waals surface area contributed by atoms with Crippen molar-refractivity contribution in [1.29, 1.82) is 0 Å². The number of nitrogens with one attached hydrogen (secondary N) is 1. The van der Waals surface area contributed by atoms with Crippen molar-refractivity contribution < 1.29 is 9.47 Å². The summed E-state index contributed by atoms with van der Waals surface area (Å²) >= 11 is 0. The Kier molecular flexibility index (Phi) is 7.34. The van der Waals surface area contributed by atoms with E-state index in [1.54, 1.807) is 14.2 Å². The second-order valence-corrected chi connectivity index (χ2v) is 4.83. The Morgan fingerprint density at radius 3 is 2.26 bits per heavy atom. The van der Waals surface area contributed by atoms with Gasteiger partial charge in [0.2, 0.25) is 0 Å². The van der Waals surface area contributed by atoms with Crippen LogP contribution in [-0.4, -0.2) is 20.3 Å². The van der Waals surface area contributed by atoms with E-state index >= 15 is 0 Å². The topological polar surface area (TPSA) is 30.5 Å². The van der Waals surface area contributed by atoms with E-state index in [-0.39, 0.29) is 0 Å². The molecule has 0 radical (unpaired) electrons. The SMILES string of the molecule is CCCC(CCC)NCc1ccc(OC)cc1OC. The van der Waals surface area contributed by atoms with Crippen LogP contribution in [0.4, 0.5) is 0 Å². The fraction of sp³-hybridized carbons (Fsp3) is 0.625. The fourth-order valence-electron chi connectivity index (χ4n) is 2.30. The monoisotopic (exact) mass is 265 g/mol. The zero-order valence-electron chi connectivity index (χ0n) is 12.7. The third-order valence-electron chi connectivity index (χ3n) is 3.35. The molecule has 1 N–H and O–H groups in total. The van der Waals surface area contributed by atoms with Gasteiger partial charge in [-0.25, -0.2) is 0 Å². The lowest BCUT2D eigenvalue weighted by molar-refractivity contribution is 0.385. The van der Waals surface area contributed by atoms with Crippen LogP contribution in [0.15, 0.2) is 18.2 Å². The van der Waals surface area contributed by atoms with Crippen LogP contribution in [0.3, 0.4) is 0 Å². The first-order valence-corrected chi connectivity index (χ1v) is 7.19. The van der Waals surface area contributed by atoms with E-state index in [0.29, 0.717) is 6.04 Å². The predicted molar refractivity (Wildman–Crippen MR) is 80.0 cm³/mol. The third-order valence-corrected chi connectivity index (χ3v) is 3.35. The zero-order chi connectivity index (χ0) is 14.1. The molecule has 0 aliphatic rings. The van der Waals surface area contributed by atoms with E-state index in [9.17, 15) is 0 Å². The Morgan fingerprint density at radius 1 is 1.05 bits per heavy atom. The maximum atomic E-state index is 5.42.